The molecule has 1 atom stereocenters. The summed E-state index contributed by atoms with van der Waals surface area (Å²) in [5.74, 6) is 0.794. The van der Waals surface area contributed by atoms with Crippen LogP contribution in [0.2, 0.25) is 0 Å². The molecule has 5 nitrogen and oxygen atoms in total. The van der Waals surface area contributed by atoms with Gasteiger partial charge in [-0.2, -0.15) is 0 Å². The van der Waals surface area contributed by atoms with E-state index in [4.69, 9.17) is 9.84 Å². The Kier molecular flexibility index (Phi) is 5.01. The lowest BCUT2D eigenvalue weighted by molar-refractivity contribution is -0.119. The average Bonchev–Trinajstić information content (AvgIpc) is 2.46. The highest BCUT2D eigenvalue weighted by Crippen LogP contribution is 2.30. The Hall–Kier alpha value is -0.810. The minimum Gasteiger partial charge on any atom is -0.465 e. The average molecular weight is 296 g/mol. The Morgan fingerprint density at radius 2 is 1.76 bits per heavy atom. The van der Waals surface area contributed by atoms with Crippen molar-refractivity contribution >= 4 is 6.09 Å². The smallest absolute Gasteiger partial charge is 0.407 e. The number of rotatable bonds is 4. The van der Waals surface area contributed by atoms with Crippen LogP contribution in [-0.2, 0) is 4.74 Å². The highest BCUT2D eigenvalue weighted by molar-refractivity contribution is 5.65. The Morgan fingerprint density at radius 1 is 1.00 bits per heavy atom. The van der Waals surface area contributed by atoms with Gasteiger partial charge >= 0.3 is 6.09 Å². The van der Waals surface area contributed by atoms with E-state index in [1.807, 2.05) is 0 Å². The predicted octanol–water partition coefficient (Wildman–Crippen LogP) is 2.76. The molecule has 1 amide bonds. The van der Waals surface area contributed by atoms with Crippen molar-refractivity contribution in [1.82, 2.24) is 9.80 Å². The molecule has 0 spiro atoms. The molecule has 1 aliphatic carbocycles. The van der Waals surface area contributed by atoms with E-state index in [1.165, 1.54) is 32.1 Å². The Morgan fingerprint density at radius 3 is 2.38 bits per heavy atom. The van der Waals surface area contributed by atoms with Gasteiger partial charge in [0.2, 0.25) is 0 Å². The van der Waals surface area contributed by atoms with E-state index >= 15 is 0 Å². The van der Waals surface area contributed by atoms with Crippen LogP contribution in [0.5, 0.6) is 0 Å². The first-order valence-corrected chi connectivity index (χ1v) is 8.59. The van der Waals surface area contributed by atoms with Gasteiger partial charge in [0.25, 0.3) is 0 Å². The Balaban J connectivity index is 1.50. The maximum Gasteiger partial charge on any atom is 0.407 e. The van der Waals surface area contributed by atoms with Gasteiger partial charge in [0.05, 0.1) is 6.61 Å². The number of amides is 1. The molecule has 3 fully saturated rings. The van der Waals surface area contributed by atoms with Crippen LogP contribution in [0.25, 0.3) is 0 Å². The molecule has 1 N–H and O–H groups in total. The third-order valence-electron chi connectivity index (χ3n) is 5.44. The second kappa shape index (κ2) is 6.97. The zero-order valence-corrected chi connectivity index (χ0v) is 12.9. The summed E-state index contributed by atoms with van der Waals surface area (Å²) in [4.78, 5) is 15.1. The second-order valence-corrected chi connectivity index (χ2v) is 6.82. The van der Waals surface area contributed by atoms with Crippen molar-refractivity contribution < 1.29 is 14.6 Å². The molecule has 1 unspecified atom stereocenters. The molecule has 3 aliphatic rings. The third-order valence-corrected chi connectivity index (χ3v) is 5.44. The van der Waals surface area contributed by atoms with Crippen molar-refractivity contribution in [2.45, 2.75) is 63.6 Å². The normalized spacial score (nSPS) is 29.3. The molecule has 120 valence electrons. The van der Waals surface area contributed by atoms with Gasteiger partial charge in [-0.3, -0.25) is 4.90 Å². The summed E-state index contributed by atoms with van der Waals surface area (Å²) < 4.78 is 6.22. The van der Waals surface area contributed by atoms with E-state index in [1.54, 1.807) is 4.90 Å². The van der Waals surface area contributed by atoms with Crippen LogP contribution in [0.4, 0.5) is 4.79 Å². The molecule has 1 saturated carbocycles. The van der Waals surface area contributed by atoms with E-state index < -0.39 is 6.09 Å². The quantitative estimate of drug-likeness (QED) is 0.866. The largest absolute Gasteiger partial charge is 0.465 e. The minimum absolute atomic E-state index is 0.278. The molecule has 0 radical (unpaired) electrons. The highest BCUT2D eigenvalue weighted by Gasteiger charge is 2.33. The van der Waals surface area contributed by atoms with Gasteiger partial charge in [0, 0.05) is 25.7 Å². The van der Waals surface area contributed by atoms with Gasteiger partial charge in [-0.05, 0) is 50.9 Å². The number of hydrogen-bond acceptors (Lipinski definition) is 3. The second-order valence-electron chi connectivity index (χ2n) is 6.82. The Labute approximate surface area is 127 Å². The summed E-state index contributed by atoms with van der Waals surface area (Å²) in [5, 5.41) is 9.05. The lowest BCUT2D eigenvalue weighted by Gasteiger charge is -2.44. The predicted molar refractivity (Wildman–Crippen MR) is 80.3 cm³/mol. The van der Waals surface area contributed by atoms with Crippen molar-refractivity contribution in [1.29, 1.82) is 0 Å². The Bertz CT molecular complexity index is 351. The zero-order valence-electron chi connectivity index (χ0n) is 12.9. The van der Waals surface area contributed by atoms with E-state index in [2.05, 4.69) is 4.90 Å². The van der Waals surface area contributed by atoms with Gasteiger partial charge in [0.1, 0.15) is 6.23 Å². The maximum absolute atomic E-state index is 11.0. The first kappa shape index (κ1) is 15.1. The summed E-state index contributed by atoms with van der Waals surface area (Å²) in [5.41, 5.74) is 0. The summed E-state index contributed by atoms with van der Waals surface area (Å²) >= 11 is 0. The van der Waals surface area contributed by atoms with Gasteiger partial charge < -0.3 is 14.7 Å². The molecule has 0 aromatic carbocycles. The SMILES string of the molecule is O=C(O)N1CCC(N2CCCCC2OCC2CCC2)CC1. The fourth-order valence-corrected chi connectivity index (χ4v) is 3.82. The lowest BCUT2D eigenvalue weighted by atomic mass is 9.86. The first-order valence-electron chi connectivity index (χ1n) is 8.59. The number of ether oxygens (including phenoxy) is 1. The van der Waals surface area contributed by atoms with Gasteiger partial charge in [-0.1, -0.05) is 6.42 Å². The van der Waals surface area contributed by atoms with Gasteiger partial charge in [-0.25, -0.2) is 4.79 Å². The van der Waals surface area contributed by atoms with E-state index in [0.717, 1.165) is 38.3 Å². The lowest BCUT2D eigenvalue weighted by Crippen LogP contribution is -2.52. The van der Waals surface area contributed by atoms with Crippen molar-refractivity contribution in [3.8, 4) is 0 Å². The van der Waals surface area contributed by atoms with Crippen molar-refractivity contribution in [2.75, 3.05) is 26.2 Å². The standard InChI is InChI=1S/C16H28N2O3/c19-16(20)17-10-7-14(8-11-17)18-9-2-1-6-15(18)21-12-13-4-3-5-13/h13-15H,1-12H2,(H,19,20). The molecule has 2 aliphatic heterocycles. The summed E-state index contributed by atoms with van der Waals surface area (Å²) in [6, 6.07) is 0.507. The van der Waals surface area contributed by atoms with E-state index in [9.17, 15) is 4.79 Å². The number of carboxylic acid groups (broad SMARTS) is 1. The van der Waals surface area contributed by atoms with E-state index in [-0.39, 0.29) is 6.23 Å². The molecule has 0 aromatic heterocycles. The molecule has 2 saturated heterocycles. The minimum atomic E-state index is -0.773. The molecular weight excluding hydrogens is 268 g/mol. The molecule has 5 heteroatoms. The zero-order chi connectivity index (χ0) is 14.7. The van der Waals surface area contributed by atoms with Crippen LogP contribution in [0, 0.1) is 5.92 Å². The summed E-state index contributed by atoms with van der Waals surface area (Å²) in [6.07, 6.45) is 9.12. The molecule has 2 heterocycles. The maximum atomic E-state index is 11.0. The molecule has 3 rings (SSSR count). The fraction of sp³-hybridized carbons (Fsp3) is 0.938. The number of nitrogens with zero attached hydrogens (tertiary/aromatic N) is 2. The van der Waals surface area contributed by atoms with Crippen LogP contribution in [-0.4, -0.2) is 59.5 Å². The van der Waals surface area contributed by atoms with Crippen LogP contribution in [0.3, 0.4) is 0 Å². The van der Waals surface area contributed by atoms with Crippen LogP contribution < -0.4 is 0 Å². The number of carbonyl (C=O) groups is 1. The van der Waals surface area contributed by atoms with Crippen molar-refractivity contribution in [2.24, 2.45) is 5.92 Å². The number of likely N-dealkylation sites (tertiary alicyclic amines) is 2. The highest BCUT2D eigenvalue weighted by atomic mass is 16.5. The van der Waals surface area contributed by atoms with Crippen LogP contribution in [0.1, 0.15) is 51.4 Å². The monoisotopic (exact) mass is 296 g/mol. The molecule has 0 bridgehead atoms. The fourth-order valence-electron chi connectivity index (χ4n) is 3.82. The van der Waals surface area contributed by atoms with Gasteiger partial charge in [0.15, 0.2) is 0 Å². The van der Waals surface area contributed by atoms with Crippen LogP contribution in [0.15, 0.2) is 0 Å². The van der Waals surface area contributed by atoms with Gasteiger partial charge in [-0.15, -0.1) is 0 Å². The van der Waals surface area contributed by atoms with Crippen molar-refractivity contribution in [3.63, 3.8) is 0 Å². The number of hydrogen-bond donors (Lipinski definition) is 1. The van der Waals surface area contributed by atoms with Crippen LogP contribution >= 0.6 is 0 Å². The van der Waals surface area contributed by atoms with Crippen molar-refractivity contribution in [3.05, 3.63) is 0 Å². The summed E-state index contributed by atoms with van der Waals surface area (Å²) in [6.45, 7) is 3.39. The topological polar surface area (TPSA) is 53.0 Å². The molecule has 21 heavy (non-hydrogen) atoms. The third kappa shape index (κ3) is 3.69. The molecule has 0 aromatic rings. The summed E-state index contributed by atoms with van der Waals surface area (Å²) in [7, 11) is 0. The number of piperidine rings is 2. The first-order chi connectivity index (χ1) is 10.2. The van der Waals surface area contributed by atoms with E-state index in [0.29, 0.717) is 19.1 Å². The molecular formula is C16H28N2O3.